The summed E-state index contributed by atoms with van der Waals surface area (Å²) >= 11 is 0. The number of likely N-dealkylation sites (tertiary alicyclic amines) is 1. The van der Waals surface area contributed by atoms with Crippen LogP contribution in [0.2, 0.25) is 0 Å². The van der Waals surface area contributed by atoms with Gasteiger partial charge in [-0.15, -0.1) is 0 Å². The van der Waals surface area contributed by atoms with Crippen molar-refractivity contribution in [3.8, 4) is 0 Å². The summed E-state index contributed by atoms with van der Waals surface area (Å²) in [4.78, 5) is 13.0. The van der Waals surface area contributed by atoms with Gasteiger partial charge in [0.05, 0.1) is 6.54 Å². The van der Waals surface area contributed by atoms with Gasteiger partial charge in [0.1, 0.15) is 0 Å². The smallest absolute Gasteiger partial charge is 0.356 e. The number of amides is 1. The first-order valence-electron chi connectivity index (χ1n) is 6.69. The minimum Gasteiger partial charge on any atom is -0.356 e. The normalized spacial score (nSPS) is 25.3. The lowest BCUT2D eigenvalue weighted by molar-refractivity contribution is -0.143. The molecule has 0 aromatic rings. The number of rotatable bonds is 5. The largest absolute Gasteiger partial charge is 0.401 e. The van der Waals surface area contributed by atoms with Crippen LogP contribution in [-0.2, 0) is 4.79 Å². The molecule has 7 heteroatoms. The van der Waals surface area contributed by atoms with Crippen LogP contribution < -0.4 is 10.6 Å². The molecule has 4 nitrogen and oxygen atoms in total. The molecule has 1 amide bonds. The summed E-state index contributed by atoms with van der Waals surface area (Å²) in [6.07, 6.45) is -2.89. The highest BCUT2D eigenvalue weighted by molar-refractivity contribution is 5.76. The van der Waals surface area contributed by atoms with E-state index in [1.54, 1.807) is 0 Å². The average molecular weight is 279 g/mol. The van der Waals surface area contributed by atoms with Gasteiger partial charge < -0.3 is 10.6 Å². The zero-order chi connectivity index (χ0) is 13.9. The summed E-state index contributed by atoms with van der Waals surface area (Å²) in [5, 5.41) is 5.93. The van der Waals surface area contributed by atoms with E-state index in [9.17, 15) is 18.0 Å². The van der Waals surface area contributed by atoms with Crippen molar-refractivity contribution < 1.29 is 18.0 Å². The van der Waals surface area contributed by atoms with Crippen molar-refractivity contribution >= 4 is 5.91 Å². The van der Waals surface area contributed by atoms with E-state index in [0.29, 0.717) is 32.0 Å². The van der Waals surface area contributed by atoms with E-state index in [0.717, 1.165) is 19.5 Å². The molecule has 110 valence electrons. The van der Waals surface area contributed by atoms with E-state index in [1.807, 2.05) is 0 Å². The number of nitrogens with one attached hydrogen (secondary N) is 2. The van der Waals surface area contributed by atoms with Gasteiger partial charge in [-0.05, 0) is 37.9 Å². The molecule has 0 bridgehead atoms. The fraction of sp³-hybridized carbons (Fsp3) is 0.917. The van der Waals surface area contributed by atoms with E-state index in [2.05, 4.69) is 10.6 Å². The predicted molar refractivity (Wildman–Crippen MR) is 64.6 cm³/mol. The number of carbonyl (C=O) groups excluding carboxylic acids is 1. The minimum absolute atomic E-state index is 0.0146. The summed E-state index contributed by atoms with van der Waals surface area (Å²) in [7, 11) is 0. The van der Waals surface area contributed by atoms with Crippen LogP contribution in [0.1, 0.15) is 12.8 Å². The number of hydrogen-bond donors (Lipinski definition) is 2. The SMILES string of the molecule is O=C(CC1CNC1)NCC1CCN(CC(F)(F)F)C1. The molecule has 1 unspecified atom stereocenters. The highest BCUT2D eigenvalue weighted by Crippen LogP contribution is 2.22. The Bertz CT molecular complexity index is 318. The second kappa shape index (κ2) is 6.09. The first-order chi connectivity index (χ1) is 8.92. The van der Waals surface area contributed by atoms with E-state index in [1.165, 1.54) is 4.90 Å². The van der Waals surface area contributed by atoms with Crippen molar-refractivity contribution in [2.75, 3.05) is 39.3 Å². The Balaban J connectivity index is 1.60. The quantitative estimate of drug-likeness (QED) is 0.774. The third kappa shape index (κ3) is 4.99. The zero-order valence-corrected chi connectivity index (χ0v) is 10.8. The standard InChI is InChI=1S/C12H20F3N3O/c13-12(14,15)8-18-2-1-9(7-18)6-17-11(19)3-10-4-16-5-10/h9-10,16H,1-8H2,(H,17,19). The van der Waals surface area contributed by atoms with Crippen molar-refractivity contribution in [2.45, 2.75) is 19.0 Å². The Morgan fingerprint density at radius 3 is 2.63 bits per heavy atom. The Morgan fingerprint density at radius 2 is 2.05 bits per heavy atom. The fourth-order valence-electron chi connectivity index (χ4n) is 2.56. The maximum atomic E-state index is 12.2. The summed E-state index contributed by atoms with van der Waals surface area (Å²) in [6, 6.07) is 0. The van der Waals surface area contributed by atoms with E-state index in [-0.39, 0.29) is 11.8 Å². The number of nitrogens with zero attached hydrogens (tertiary/aromatic N) is 1. The lowest BCUT2D eigenvalue weighted by atomic mass is 9.99. The molecule has 2 fully saturated rings. The molecular formula is C12H20F3N3O. The molecule has 2 N–H and O–H groups in total. The van der Waals surface area contributed by atoms with Crippen LogP contribution in [0.15, 0.2) is 0 Å². The van der Waals surface area contributed by atoms with Crippen molar-refractivity contribution in [2.24, 2.45) is 11.8 Å². The predicted octanol–water partition coefficient (Wildman–Crippen LogP) is 0.596. The first-order valence-corrected chi connectivity index (χ1v) is 6.69. The van der Waals surface area contributed by atoms with Gasteiger partial charge in [0.15, 0.2) is 0 Å². The number of halogens is 3. The third-order valence-electron chi connectivity index (χ3n) is 3.70. The highest BCUT2D eigenvalue weighted by Gasteiger charge is 2.34. The Labute approximate surface area is 110 Å². The highest BCUT2D eigenvalue weighted by atomic mass is 19.4. The summed E-state index contributed by atoms with van der Waals surface area (Å²) in [5.41, 5.74) is 0. The van der Waals surface area contributed by atoms with Crippen molar-refractivity contribution in [1.82, 2.24) is 15.5 Å². The number of alkyl halides is 3. The maximum Gasteiger partial charge on any atom is 0.401 e. The maximum absolute atomic E-state index is 12.2. The second-order valence-electron chi connectivity index (χ2n) is 5.54. The molecule has 0 aliphatic carbocycles. The zero-order valence-electron chi connectivity index (χ0n) is 10.8. The van der Waals surface area contributed by atoms with Crippen molar-refractivity contribution in [3.63, 3.8) is 0 Å². The monoisotopic (exact) mass is 279 g/mol. The van der Waals surface area contributed by atoms with Crippen LogP contribution in [0, 0.1) is 11.8 Å². The van der Waals surface area contributed by atoms with Gasteiger partial charge in [-0.2, -0.15) is 13.2 Å². The van der Waals surface area contributed by atoms with Crippen molar-refractivity contribution in [3.05, 3.63) is 0 Å². The van der Waals surface area contributed by atoms with Gasteiger partial charge in [0.2, 0.25) is 5.91 Å². The molecule has 2 saturated heterocycles. The molecule has 2 aliphatic rings. The molecule has 2 aliphatic heterocycles. The van der Waals surface area contributed by atoms with E-state index < -0.39 is 12.7 Å². The molecule has 1 atom stereocenters. The van der Waals surface area contributed by atoms with E-state index >= 15 is 0 Å². The molecule has 0 saturated carbocycles. The average Bonchev–Trinajstić information content (AvgIpc) is 2.66. The number of carbonyl (C=O) groups is 1. The van der Waals surface area contributed by atoms with Gasteiger partial charge in [-0.3, -0.25) is 9.69 Å². The van der Waals surface area contributed by atoms with Crippen LogP contribution in [0.3, 0.4) is 0 Å². The third-order valence-corrected chi connectivity index (χ3v) is 3.70. The topological polar surface area (TPSA) is 44.4 Å². The summed E-state index contributed by atoms with van der Waals surface area (Å²) in [5.74, 6) is 0.580. The van der Waals surface area contributed by atoms with Gasteiger partial charge in [-0.25, -0.2) is 0 Å². The molecule has 0 aromatic carbocycles. The molecule has 0 radical (unpaired) electrons. The van der Waals surface area contributed by atoms with Crippen LogP contribution >= 0.6 is 0 Å². The molecule has 0 aromatic heterocycles. The van der Waals surface area contributed by atoms with Crippen LogP contribution in [0.4, 0.5) is 13.2 Å². The van der Waals surface area contributed by atoms with Gasteiger partial charge in [0, 0.05) is 19.5 Å². The fourth-order valence-corrected chi connectivity index (χ4v) is 2.56. The summed E-state index contributed by atoms with van der Waals surface area (Å²) < 4.78 is 36.7. The minimum atomic E-state index is -4.13. The number of hydrogen-bond acceptors (Lipinski definition) is 3. The summed E-state index contributed by atoms with van der Waals surface area (Å²) in [6.45, 7) is 2.31. The Hall–Kier alpha value is -0.820. The van der Waals surface area contributed by atoms with Crippen LogP contribution in [-0.4, -0.2) is 56.3 Å². The van der Waals surface area contributed by atoms with Crippen molar-refractivity contribution in [1.29, 1.82) is 0 Å². The molecule has 0 spiro atoms. The van der Waals surface area contributed by atoms with Crippen LogP contribution in [0.5, 0.6) is 0 Å². The Kier molecular flexibility index (Phi) is 4.67. The lowest BCUT2D eigenvalue weighted by Crippen LogP contribution is -2.45. The van der Waals surface area contributed by atoms with Gasteiger partial charge in [-0.1, -0.05) is 0 Å². The molecule has 2 heterocycles. The molecule has 2 rings (SSSR count). The van der Waals surface area contributed by atoms with Gasteiger partial charge in [0.25, 0.3) is 0 Å². The Morgan fingerprint density at radius 1 is 1.32 bits per heavy atom. The van der Waals surface area contributed by atoms with Crippen LogP contribution in [0.25, 0.3) is 0 Å². The van der Waals surface area contributed by atoms with E-state index in [4.69, 9.17) is 0 Å². The van der Waals surface area contributed by atoms with Gasteiger partial charge >= 0.3 is 6.18 Å². The molecular weight excluding hydrogens is 259 g/mol. The molecule has 19 heavy (non-hydrogen) atoms. The lowest BCUT2D eigenvalue weighted by Gasteiger charge is -2.26. The first kappa shape index (κ1) is 14.6. The second-order valence-corrected chi connectivity index (χ2v) is 5.54.